The first kappa shape index (κ1) is 16.9. The van der Waals surface area contributed by atoms with E-state index in [9.17, 15) is 8.42 Å². The molecule has 1 aromatic heterocycles. The first-order valence-corrected chi connectivity index (χ1v) is 10.00. The predicted octanol–water partition coefficient (Wildman–Crippen LogP) is 0.975. The van der Waals surface area contributed by atoms with Crippen molar-refractivity contribution in [1.29, 1.82) is 0 Å². The molecule has 2 aromatic rings. The van der Waals surface area contributed by atoms with Crippen LogP contribution < -0.4 is 4.72 Å². The molecule has 0 unspecified atom stereocenters. The van der Waals surface area contributed by atoms with Crippen LogP contribution in [0, 0.1) is 0 Å². The largest absolute Gasteiger partial charge is 0.381 e. The molecular formula is C16H22N4O4S. The topological polar surface area (TPSA) is 95.3 Å². The van der Waals surface area contributed by atoms with Crippen molar-refractivity contribution < 1.29 is 17.9 Å². The monoisotopic (exact) mass is 366 g/mol. The highest BCUT2D eigenvalue weighted by molar-refractivity contribution is 7.89. The Morgan fingerprint density at radius 3 is 2.88 bits per heavy atom. The summed E-state index contributed by atoms with van der Waals surface area (Å²) < 4.78 is 41.7. The molecule has 25 heavy (non-hydrogen) atoms. The van der Waals surface area contributed by atoms with Crippen molar-refractivity contribution in [3.63, 3.8) is 0 Å². The summed E-state index contributed by atoms with van der Waals surface area (Å²) in [5.74, 6) is 0. The van der Waals surface area contributed by atoms with Gasteiger partial charge in [-0.15, -0.1) is 5.10 Å². The number of ether oxygens (including phenoxy) is 2. The highest BCUT2D eigenvalue weighted by Crippen LogP contribution is 2.35. The van der Waals surface area contributed by atoms with Gasteiger partial charge in [-0.25, -0.2) is 17.8 Å². The first-order valence-electron chi connectivity index (χ1n) is 8.52. The van der Waals surface area contributed by atoms with Crippen LogP contribution in [0.1, 0.15) is 25.7 Å². The van der Waals surface area contributed by atoms with Gasteiger partial charge in [-0.3, -0.25) is 0 Å². The van der Waals surface area contributed by atoms with Gasteiger partial charge in [-0.05, 0) is 37.8 Å². The van der Waals surface area contributed by atoms with E-state index in [-0.39, 0.29) is 16.5 Å². The van der Waals surface area contributed by atoms with Gasteiger partial charge in [0, 0.05) is 32.9 Å². The summed E-state index contributed by atoms with van der Waals surface area (Å²) >= 11 is 0. The lowest BCUT2D eigenvalue weighted by molar-refractivity contribution is -0.138. The van der Waals surface area contributed by atoms with Crippen LogP contribution in [0.3, 0.4) is 0 Å². The summed E-state index contributed by atoms with van der Waals surface area (Å²) in [4.78, 5) is 0.172. The number of hydrogen-bond acceptors (Lipinski definition) is 6. The maximum absolute atomic E-state index is 12.9. The van der Waals surface area contributed by atoms with Crippen molar-refractivity contribution in [2.45, 2.75) is 42.2 Å². The van der Waals surface area contributed by atoms with E-state index < -0.39 is 10.0 Å². The Kier molecular flexibility index (Phi) is 4.27. The quantitative estimate of drug-likeness (QED) is 0.870. The molecule has 0 aliphatic carbocycles. The number of sulfonamides is 1. The molecule has 0 amide bonds. The van der Waals surface area contributed by atoms with Crippen molar-refractivity contribution in [1.82, 2.24) is 19.7 Å². The second-order valence-corrected chi connectivity index (χ2v) is 8.47. The Balaban J connectivity index is 1.58. The minimum atomic E-state index is -3.68. The third-order valence-corrected chi connectivity index (χ3v) is 6.67. The first-order chi connectivity index (χ1) is 12.0. The third-order valence-electron chi connectivity index (χ3n) is 5.11. The van der Waals surface area contributed by atoms with E-state index in [2.05, 4.69) is 15.0 Å². The van der Waals surface area contributed by atoms with Gasteiger partial charge in [0.15, 0.2) is 0 Å². The lowest BCUT2D eigenvalue weighted by atomic mass is 9.84. The number of aryl methyl sites for hydroxylation is 1. The van der Waals surface area contributed by atoms with Gasteiger partial charge in [0.25, 0.3) is 0 Å². The lowest BCUT2D eigenvalue weighted by Gasteiger charge is -2.43. The number of fused-ring (bicyclic) bond motifs is 1. The van der Waals surface area contributed by atoms with Gasteiger partial charge in [0.2, 0.25) is 10.0 Å². The van der Waals surface area contributed by atoms with Gasteiger partial charge in [0.05, 0.1) is 11.1 Å². The number of hydrogen-bond donors (Lipinski definition) is 1. The Bertz CT molecular complexity index is 868. The zero-order chi connectivity index (χ0) is 17.5. The SMILES string of the molecule is Cn1nnc2c(S(=O)(=O)N[C@H]3CCOC4(CCOCC4)C3)cccc21. The van der Waals surface area contributed by atoms with Gasteiger partial charge in [-0.1, -0.05) is 11.3 Å². The number of aromatic nitrogens is 3. The van der Waals surface area contributed by atoms with E-state index in [1.807, 2.05) is 0 Å². The molecule has 1 spiro atoms. The summed E-state index contributed by atoms with van der Waals surface area (Å²) in [7, 11) is -1.94. The molecule has 3 heterocycles. The molecule has 8 nitrogen and oxygen atoms in total. The van der Waals surface area contributed by atoms with Crippen molar-refractivity contribution in [2.75, 3.05) is 19.8 Å². The maximum Gasteiger partial charge on any atom is 0.243 e. The minimum Gasteiger partial charge on any atom is -0.381 e. The van der Waals surface area contributed by atoms with Crippen LogP contribution in [0.25, 0.3) is 11.0 Å². The van der Waals surface area contributed by atoms with Crippen LogP contribution >= 0.6 is 0 Å². The highest BCUT2D eigenvalue weighted by Gasteiger charge is 2.40. The van der Waals surface area contributed by atoms with E-state index in [1.54, 1.807) is 29.9 Å². The molecule has 2 saturated heterocycles. The number of nitrogens with one attached hydrogen (secondary N) is 1. The Morgan fingerprint density at radius 2 is 2.08 bits per heavy atom. The minimum absolute atomic E-state index is 0.149. The maximum atomic E-state index is 12.9. The number of nitrogens with zero attached hydrogens (tertiary/aromatic N) is 3. The third kappa shape index (κ3) is 3.17. The smallest absolute Gasteiger partial charge is 0.243 e. The molecule has 0 saturated carbocycles. The molecule has 1 aromatic carbocycles. The number of rotatable bonds is 3. The Hall–Kier alpha value is -1.55. The summed E-state index contributed by atoms with van der Waals surface area (Å²) in [6.07, 6.45) is 2.96. The molecule has 1 N–H and O–H groups in total. The standard InChI is InChI=1S/C16H22N4O4S/c1-20-13-3-2-4-14(15(13)17-19-20)25(21,22)18-12-5-8-24-16(11-12)6-9-23-10-7-16/h2-4,12,18H,5-11H2,1H3/t12-/m0/s1. The predicted molar refractivity (Wildman–Crippen MR) is 90.6 cm³/mol. The summed E-state index contributed by atoms with van der Waals surface area (Å²) in [5.41, 5.74) is 0.823. The second kappa shape index (κ2) is 6.31. The van der Waals surface area contributed by atoms with Gasteiger partial charge in [0.1, 0.15) is 10.4 Å². The molecule has 2 aliphatic rings. The summed E-state index contributed by atoms with van der Waals surface area (Å²) in [6.45, 7) is 1.89. The van der Waals surface area contributed by atoms with Crippen molar-refractivity contribution >= 4 is 21.1 Å². The lowest BCUT2D eigenvalue weighted by Crippen LogP contribution is -2.50. The average molecular weight is 366 g/mol. The molecule has 0 radical (unpaired) electrons. The molecule has 2 fully saturated rings. The van der Waals surface area contributed by atoms with Crippen molar-refractivity contribution in [3.8, 4) is 0 Å². The van der Waals surface area contributed by atoms with Crippen LogP contribution in [-0.4, -0.2) is 54.9 Å². The van der Waals surface area contributed by atoms with Crippen molar-refractivity contribution in [3.05, 3.63) is 18.2 Å². The molecule has 9 heteroatoms. The van der Waals surface area contributed by atoms with Crippen LogP contribution in [0.4, 0.5) is 0 Å². The second-order valence-electron chi connectivity index (χ2n) is 6.79. The zero-order valence-corrected chi connectivity index (χ0v) is 15.0. The molecule has 0 bridgehead atoms. The molecule has 2 aliphatic heterocycles. The van der Waals surface area contributed by atoms with E-state index in [1.165, 1.54) is 0 Å². The van der Waals surface area contributed by atoms with E-state index in [4.69, 9.17) is 9.47 Å². The van der Waals surface area contributed by atoms with Crippen LogP contribution in [0.5, 0.6) is 0 Å². The fraction of sp³-hybridized carbons (Fsp3) is 0.625. The van der Waals surface area contributed by atoms with Crippen LogP contribution in [-0.2, 0) is 26.5 Å². The molecule has 1 atom stereocenters. The Morgan fingerprint density at radius 1 is 1.28 bits per heavy atom. The van der Waals surface area contributed by atoms with E-state index in [0.717, 1.165) is 12.8 Å². The molecule has 136 valence electrons. The van der Waals surface area contributed by atoms with Gasteiger partial charge >= 0.3 is 0 Å². The fourth-order valence-electron chi connectivity index (χ4n) is 3.75. The van der Waals surface area contributed by atoms with E-state index in [0.29, 0.717) is 43.7 Å². The van der Waals surface area contributed by atoms with Crippen LogP contribution in [0.15, 0.2) is 23.1 Å². The average Bonchev–Trinajstić information content (AvgIpc) is 2.96. The van der Waals surface area contributed by atoms with Gasteiger partial charge in [-0.2, -0.15) is 0 Å². The van der Waals surface area contributed by atoms with Crippen molar-refractivity contribution in [2.24, 2.45) is 7.05 Å². The summed E-state index contributed by atoms with van der Waals surface area (Å²) in [5, 5.41) is 7.94. The highest BCUT2D eigenvalue weighted by atomic mass is 32.2. The van der Waals surface area contributed by atoms with Crippen LogP contribution in [0.2, 0.25) is 0 Å². The fourth-order valence-corrected chi connectivity index (χ4v) is 5.18. The zero-order valence-electron chi connectivity index (χ0n) is 14.1. The van der Waals surface area contributed by atoms with Gasteiger partial charge < -0.3 is 9.47 Å². The summed E-state index contributed by atoms with van der Waals surface area (Å²) in [6, 6.07) is 4.94. The molecular weight excluding hydrogens is 344 g/mol. The normalized spacial score (nSPS) is 24.0. The Labute approximate surface area is 146 Å². The van der Waals surface area contributed by atoms with E-state index >= 15 is 0 Å². The number of benzene rings is 1. The molecule has 4 rings (SSSR count).